The van der Waals surface area contributed by atoms with Crippen LogP contribution in [0.4, 0.5) is 0 Å². The fraction of sp³-hybridized carbons (Fsp3) is 0.348. The Morgan fingerprint density at radius 2 is 2.00 bits per heavy atom. The van der Waals surface area contributed by atoms with Gasteiger partial charge in [0.25, 0.3) is 5.91 Å². The van der Waals surface area contributed by atoms with Crippen molar-refractivity contribution in [2.45, 2.75) is 46.8 Å². The summed E-state index contributed by atoms with van der Waals surface area (Å²) >= 11 is 0. The summed E-state index contributed by atoms with van der Waals surface area (Å²) in [5.74, 6) is -0.0905. The fourth-order valence-corrected chi connectivity index (χ4v) is 3.83. The molecule has 31 heavy (non-hydrogen) atoms. The van der Waals surface area contributed by atoms with Crippen LogP contribution in [0.1, 0.15) is 52.8 Å². The van der Waals surface area contributed by atoms with Crippen LogP contribution in [0.5, 0.6) is 0 Å². The molecule has 4 aromatic rings. The molecule has 4 heterocycles. The van der Waals surface area contributed by atoms with Crippen molar-refractivity contribution in [3.63, 3.8) is 0 Å². The maximum Gasteiger partial charge on any atom is 0.255 e. The molecule has 8 heteroatoms. The highest BCUT2D eigenvalue weighted by Gasteiger charge is 2.19. The molecule has 0 bridgehead atoms. The molecule has 1 amide bonds. The van der Waals surface area contributed by atoms with Crippen LogP contribution in [0.3, 0.4) is 0 Å². The van der Waals surface area contributed by atoms with Gasteiger partial charge in [-0.05, 0) is 45.4 Å². The molecule has 0 aromatic carbocycles. The molecule has 8 nitrogen and oxygen atoms in total. The number of fused-ring (bicyclic) bond motifs is 1. The van der Waals surface area contributed by atoms with Crippen LogP contribution in [0.25, 0.3) is 11.2 Å². The van der Waals surface area contributed by atoms with Gasteiger partial charge >= 0.3 is 0 Å². The van der Waals surface area contributed by atoms with Gasteiger partial charge in [0.05, 0.1) is 24.1 Å². The monoisotopic (exact) mass is 417 g/mol. The summed E-state index contributed by atoms with van der Waals surface area (Å²) in [6.45, 7) is 9.37. The van der Waals surface area contributed by atoms with E-state index in [0.29, 0.717) is 24.2 Å². The molecule has 0 aliphatic heterocycles. The number of pyridine rings is 2. The van der Waals surface area contributed by atoms with Crippen LogP contribution in [-0.4, -0.2) is 47.2 Å². The summed E-state index contributed by atoms with van der Waals surface area (Å²) in [6.07, 6.45) is 6.94. The molecule has 0 unspecified atom stereocenters. The Balaban J connectivity index is 1.54. The number of hydrogen-bond acceptors (Lipinski definition) is 5. The molecular weight excluding hydrogens is 390 g/mol. The second kappa shape index (κ2) is 8.29. The molecule has 0 aliphatic carbocycles. The van der Waals surface area contributed by atoms with Crippen molar-refractivity contribution in [3.05, 3.63) is 71.2 Å². The molecule has 0 spiro atoms. The molecule has 0 N–H and O–H groups in total. The third-order valence-electron chi connectivity index (χ3n) is 5.48. The van der Waals surface area contributed by atoms with E-state index < -0.39 is 0 Å². The van der Waals surface area contributed by atoms with Crippen molar-refractivity contribution in [2.24, 2.45) is 0 Å². The van der Waals surface area contributed by atoms with E-state index in [4.69, 9.17) is 0 Å². The van der Waals surface area contributed by atoms with E-state index in [1.54, 1.807) is 36.7 Å². The lowest BCUT2D eigenvalue weighted by Gasteiger charge is -2.18. The number of rotatable bonds is 6. The van der Waals surface area contributed by atoms with Gasteiger partial charge in [0.15, 0.2) is 5.65 Å². The smallest absolute Gasteiger partial charge is 0.255 e. The van der Waals surface area contributed by atoms with Crippen LogP contribution in [0.2, 0.25) is 0 Å². The van der Waals surface area contributed by atoms with E-state index >= 15 is 0 Å². The van der Waals surface area contributed by atoms with Crippen molar-refractivity contribution in [3.8, 4) is 0 Å². The number of hydrogen-bond donors (Lipinski definition) is 0. The lowest BCUT2D eigenvalue weighted by molar-refractivity contribution is 0.0784. The Morgan fingerprint density at radius 1 is 1.19 bits per heavy atom. The number of aryl methyl sites for hydroxylation is 1. The van der Waals surface area contributed by atoms with E-state index in [2.05, 4.69) is 40.8 Å². The highest BCUT2D eigenvalue weighted by Crippen LogP contribution is 2.20. The first kappa shape index (κ1) is 20.7. The van der Waals surface area contributed by atoms with Gasteiger partial charge in [-0.15, -0.1) is 0 Å². The predicted molar refractivity (Wildman–Crippen MR) is 119 cm³/mol. The summed E-state index contributed by atoms with van der Waals surface area (Å²) in [5, 5.41) is 4.62. The van der Waals surface area contributed by atoms with Gasteiger partial charge < -0.3 is 9.47 Å². The zero-order chi connectivity index (χ0) is 22.1. The van der Waals surface area contributed by atoms with Crippen LogP contribution in [0.15, 0.2) is 43.1 Å². The Hall–Kier alpha value is -3.55. The largest absolute Gasteiger partial charge is 0.337 e. The van der Waals surface area contributed by atoms with Crippen LogP contribution < -0.4 is 0 Å². The number of carbonyl (C=O) groups is 1. The van der Waals surface area contributed by atoms with Gasteiger partial charge in [-0.25, -0.2) is 9.97 Å². The second-order valence-corrected chi connectivity index (χ2v) is 8.15. The fourth-order valence-electron chi connectivity index (χ4n) is 3.83. The SMILES string of the molecule is Cc1nn(C(C)C)c(C)c1CN(C)C(=O)c1cnc2c(c1)ncn2Cc1cccnc1. The molecule has 0 fully saturated rings. The maximum atomic E-state index is 13.1. The van der Waals surface area contributed by atoms with Gasteiger partial charge in [-0.2, -0.15) is 5.10 Å². The van der Waals surface area contributed by atoms with Crippen molar-refractivity contribution in [2.75, 3.05) is 7.05 Å². The predicted octanol–water partition coefficient (Wildman–Crippen LogP) is 3.54. The second-order valence-electron chi connectivity index (χ2n) is 8.15. The van der Waals surface area contributed by atoms with Gasteiger partial charge in [0.1, 0.15) is 5.52 Å². The summed E-state index contributed by atoms with van der Waals surface area (Å²) in [7, 11) is 1.80. The number of carbonyl (C=O) groups excluding carboxylic acids is 1. The third kappa shape index (κ3) is 4.05. The lowest BCUT2D eigenvalue weighted by Crippen LogP contribution is -2.27. The van der Waals surface area contributed by atoms with Gasteiger partial charge in [0.2, 0.25) is 0 Å². The number of aromatic nitrogens is 6. The van der Waals surface area contributed by atoms with E-state index in [1.165, 1.54) is 0 Å². The summed E-state index contributed by atoms with van der Waals surface area (Å²) in [5.41, 5.74) is 6.16. The van der Waals surface area contributed by atoms with E-state index in [1.807, 2.05) is 34.5 Å². The van der Waals surface area contributed by atoms with Crippen LogP contribution in [-0.2, 0) is 13.1 Å². The molecule has 160 valence electrons. The Morgan fingerprint density at radius 3 is 2.68 bits per heavy atom. The molecule has 0 radical (unpaired) electrons. The van der Waals surface area contributed by atoms with Crippen LogP contribution in [0, 0.1) is 13.8 Å². The van der Waals surface area contributed by atoms with E-state index in [0.717, 1.165) is 28.2 Å². The quantitative estimate of drug-likeness (QED) is 0.479. The maximum absolute atomic E-state index is 13.1. The van der Waals surface area contributed by atoms with E-state index in [9.17, 15) is 4.79 Å². The number of imidazole rings is 1. The standard InChI is InChI=1S/C23H27N7O/c1-15(2)30-17(4)20(16(3)27-30)13-28(5)23(31)19-9-21-22(25-11-19)29(14-26-21)12-18-7-6-8-24-10-18/h6-11,14-15H,12-13H2,1-5H3. The molecular formula is C23H27N7O. The summed E-state index contributed by atoms with van der Waals surface area (Å²) < 4.78 is 3.96. The van der Waals surface area contributed by atoms with Crippen molar-refractivity contribution in [1.29, 1.82) is 0 Å². The Bertz CT molecular complexity index is 1220. The molecule has 0 aliphatic rings. The van der Waals surface area contributed by atoms with Crippen molar-refractivity contribution >= 4 is 17.1 Å². The summed E-state index contributed by atoms with van der Waals surface area (Å²) in [6, 6.07) is 6.00. The number of amides is 1. The average Bonchev–Trinajstić information content (AvgIpc) is 3.29. The Kier molecular flexibility index (Phi) is 5.54. The first-order valence-electron chi connectivity index (χ1n) is 10.3. The minimum absolute atomic E-state index is 0.0905. The minimum Gasteiger partial charge on any atom is -0.337 e. The zero-order valence-electron chi connectivity index (χ0n) is 18.6. The Labute approximate surface area is 181 Å². The topological polar surface area (TPSA) is 81.7 Å². The lowest BCUT2D eigenvalue weighted by atomic mass is 10.1. The zero-order valence-corrected chi connectivity index (χ0v) is 18.6. The van der Waals surface area contributed by atoms with Gasteiger partial charge in [0, 0.05) is 49.5 Å². The highest BCUT2D eigenvalue weighted by atomic mass is 16.2. The average molecular weight is 418 g/mol. The third-order valence-corrected chi connectivity index (χ3v) is 5.48. The molecule has 0 atom stereocenters. The van der Waals surface area contributed by atoms with E-state index in [-0.39, 0.29) is 11.9 Å². The normalized spacial score (nSPS) is 11.4. The van der Waals surface area contributed by atoms with Gasteiger partial charge in [-0.1, -0.05) is 6.07 Å². The molecule has 4 rings (SSSR count). The molecule has 0 saturated heterocycles. The molecule has 4 aromatic heterocycles. The molecule has 0 saturated carbocycles. The van der Waals surface area contributed by atoms with Crippen molar-refractivity contribution in [1.82, 2.24) is 34.2 Å². The minimum atomic E-state index is -0.0905. The highest BCUT2D eigenvalue weighted by molar-refractivity contribution is 5.96. The van der Waals surface area contributed by atoms with Gasteiger partial charge in [-0.3, -0.25) is 14.5 Å². The summed E-state index contributed by atoms with van der Waals surface area (Å²) in [4.78, 5) is 27.9. The van der Waals surface area contributed by atoms with Crippen LogP contribution >= 0.6 is 0 Å². The van der Waals surface area contributed by atoms with Crippen molar-refractivity contribution < 1.29 is 4.79 Å². The first-order valence-corrected chi connectivity index (χ1v) is 10.3. The first-order chi connectivity index (χ1) is 14.8. The number of nitrogens with zero attached hydrogens (tertiary/aromatic N) is 7.